The molecule has 1 aliphatic rings. The quantitative estimate of drug-likeness (QED) is 0.807. The molecule has 2 rings (SSSR count). The SMILES string of the molecule is Cc1cccc(NCCCN2CCCC2)c1Cl. The molecule has 1 heterocycles. The van der Waals surface area contributed by atoms with Crippen LogP contribution in [0.3, 0.4) is 0 Å². The molecule has 2 nitrogen and oxygen atoms in total. The summed E-state index contributed by atoms with van der Waals surface area (Å²) in [6.45, 7) is 6.81. The van der Waals surface area contributed by atoms with Gasteiger partial charge in [-0.2, -0.15) is 0 Å². The van der Waals surface area contributed by atoms with Crippen LogP contribution in [-0.2, 0) is 0 Å². The third kappa shape index (κ3) is 3.62. The van der Waals surface area contributed by atoms with Crippen molar-refractivity contribution in [3.8, 4) is 0 Å². The van der Waals surface area contributed by atoms with Gasteiger partial charge in [0.15, 0.2) is 0 Å². The van der Waals surface area contributed by atoms with Crippen molar-refractivity contribution >= 4 is 17.3 Å². The molecule has 1 saturated heterocycles. The van der Waals surface area contributed by atoms with Crippen molar-refractivity contribution < 1.29 is 0 Å². The Hall–Kier alpha value is -0.730. The van der Waals surface area contributed by atoms with Gasteiger partial charge < -0.3 is 10.2 Å². The van der Waals surface area contributed by atoms with Crippen LogP contribution in [0, 0.1) is 6.92 Å². The van der Waals surface area contributed by atoms with Crippen LogP contribution in [0.5, 0.6) is 0 Å². The van der Waals surface area contributed by atoms with Crippen LogP contribution in [-0.4, -0.2) is 31.1 Å². The van der Waals surface area contributed by atoms with Gasteiger partial charge in [-0.3, -0.25) is 0 Å². The summed E-state index contributed by atoms with van der Waals surface area (Å²) in [6.07, 6.45) is 3.93. The fourth-order valence-corrected chi connectivity index (χ4v) is 2.51. The molecule has 3 heteroatoms. The molecule has 94 valence electrons. The first-order valence-electron chi connectivity index (χ1n) is 6.49. The highest BCUT2D eigenvalue weighted by molar-refractivity contribution is 6.33. The Labute approximate surface area is 109 Å². The van der Waals surface area contributed by atoms with Crippen molar-refractivity contribution in [1.82, 2.24) is 4.90 Å². The first kappa shape index (κ1) is 12.7. The van der Waals surface area contributed by atoms with Crippen LogP contribution in [0.2, 0.25) is 5.02 Å². The van der Waals surface area contributed by atoms with Crippen molar-refractivity contribution in [2.24, 2.45) is 0 Å². The molecule has 0 spiro atoms. The lowest BCUT2D eigenvalue weighted by Crippen LogP contribution is -2.22. The summed E-state index contributed by atoms with van der Waals surface area (Å²) < 4.78 is 0. The minimum Gasteiger partial charge on any atom is -0.384 e. The molecule has 0 amide bonds. The lowest BCUT2D eigenvalue weighted by molar-refractivity contribution is 0.337. The molecule has 0 radical (unpaired) electrons. The van der Waals surface area contributed by atoms with Gasteiger partial charge in [-0.15, -0.1) is 0 Å². The summed E-state index contributed by atoms with van der Waals surface area (Å²) in [7, 11) is 0. The maximum atomic E-state index is 6.23. The van der Waals surface area contributed by atoms with E-state index in [2.05, 4.69) is 10.2 Å². The number of nitrogens with zero attached hydrogens (tertiary/aromatic N) is 1. The number of rotatable bonds is 5. The largest absolute Gasteiger partial charge is 0.384 e. The maximum absolute atomic E-state index is 6.23. The first-order valence-corrected chi connectivity index (χ1v) is 6.86. The molecule has 1 fully saturated rings. The van der Waals surface area contributed by atoms with Crippen molar-refractivity contribution in [2.75, 3.05) is 31.5 Å². The number of hydrogen-bond donors (Lipinski definition) is 1. The van der Waals surface area contributed by atoms with Gasteiger partial charge in [0.1, 0.15) is 0 Å². The molecular formula is C14H21ClN2. The number of aryl methyl sites for hydroxylation is 1. The molecule has 0 bridgehead atoms. The highest BCUT2D eigenvalue weighted by atomic mass is 35.5. The summed E-state index contributed by atoms with van der Waals surface area (Å²) in [5, 5.41) is 4.27. The first-order chi connectivity index (χ1) is 8.27. The monoisotopic (exact) mass is 252 g/mol. The average molecular weight is 253 g/mol. The molecule has 1 aliphatic heterocycles. The van der Waals surface area contributed by atoms with Crippen molar-refractivity contribution in [2.45, 2.75) is 26.2 Å². The van der Waals surface area contributed by atoms with E-state index in [9.17, 15) is 0 Å². The molecule has 0 saturated carbocycles. The Morgan fingerprint density at radius 1 is 1.29 bits per heavy atom. The predicted octanol–water partition coefficient (Wildman–Crippen LogP) is 3.55. The van der Waals surface area contributed by atoms with E-state index in [-0.39, 0.29) is 0 Å². The average Bonchev–Trinajstić information content (AvgIpc) is 2.83. The summed E-state index contributed by atoms with van der Waals surface area (Å²) >= 11 is 6.23. The molecule has 0 aromatic heterocycles. The normalized spacial score (nSPS) is 16.4. The molecule has 1 N–H and O–H groups in total. The number of anilines is 1. The highest BCUT2D eigenvalue weighted by Crippen LogP contribution is 2.24. The second-order valence-electron chi connectivity index (χ2n) is 4.77. The Morgan fingerprint density at radius 3 is 2.82 bits per heavy atom. The van der Waals surface area contributed by atoms with Crippen LogP contribution < -0.4 is 5.32 Å². The van der Waals surface area contributed by atoms with Gasteiger partial charge in [0.2, 0.25) is 0 Å². The van der Waals surface area contributed by atoms with Crippen LogP contribution in [0.1, 0.15) is 24.8 Å². The lowest BCUT2D eigenvalue weighted by Gasteiger charge is -2.15. The van der Waals surface area contributed by atoms with Gasteiger partial charge in [0.05, 0.1) is 10.7 Å². The van der Waals surface area contributed by atoms with Gasteiger partial charge in [-0.25, -0.2) is 0 Å². The molecule has 0 unspecified atom stereocenters. The Balaban J connectivity index is 1.72. The van der Waals surface area contributed by atoms with Gasteiger partial charge in [-0.05, 0) is 57.5 Å². The van der Waals surface area contributed by atoms with Gasteiger partial charge in [0.25, 0.3) is 0 Å². The maximum Gasteiger partial charge on any atom is 0.0666 e. The van der Waals surface area contributed by atoms with E-state index in [4.69, 9.17) is 11.6 Å². The fourth-order valence-electron chi connectivity index (χ4n) is 2.32. The Morgan fingerprint density at radius 2 is 2.06 bits per heavy atom. The number of nitrogens with one attached hydrogen (secondary N) is 1. The standard InChI is InChI=1S/C14H21ClN2/c1-12-6-4-7-13(14(12)15)16-8-5-11-17-9-2-3-10-17/h4,6-7,16H,2-3,5,8-11H2,1H3. The molecular weight excluding hydrogens is 232 g/mol. The van der Waals surface area contributed by atoms with Crippen molar-refractivity contribution in [3.05, 3.63) is 28.8 Å². The highest BCUT2D eigenvalue weighted by Gasteiger charge is 2.10. The fraction of sp³-hybridized carbons (Fsp3) is 0.571. The van der Waals surface area contributed by atoms with Gasteiger partial charge >= 0.3 is 0 Å². The second-order valence-corrected chi connectivity index (χ2v) is 5.14. The zero-order chi connectivity index (χ0) is 12.1. The summed E-state index contributed by atoms with van der Waals surface area (Å²) in [5.74, 6) is 0. The van der Waals surface area contributed by atoms with E-state index in [1.54, 1.807) is 0 Å². The molecule has 0 atom stereocenters. The van der Waals surface area contributed by atoms with E-state index in [1.165, 1.54) is 38.9 Å². The van der Waals surface area contributed by atoms with Crippen molar-refractivity contribution in [3.63, 3.8) is 0 Å². The number of halogens is 1. The van der Waals surface area contributed by atoms with Crippen LogP contribution in [0.4, 0.5) is 5.69 Å². The van der Waals surface area contributed by atoms with Crippen LogP contribution >= 0.6 is 11.6 Å². The smallest absolute Gasteiger partial charge is 0.0666 e. The summed E-state index contributed by atoms with van der Waals surface area (Å²) in [5.41, 5.74) is 2.20. The lowest BCUT2D eigenvalue weighted by atomic mass is 10.2. The predicted molar refractivity (Wildman–Crippen MR) is 75.0 cm³/mol. The molecule has 17 heavy (non-hydrogen) atoms. The molecule has 1 aromatic rings. The Kier molecular flexibility index (Phi) is 4.69. The van der Waals surface area contributed by atoms with E-state index < -0.39 is 0 Å². The third-order valence-corrected chi connectivity index (χ3v) is 3.86. The van der Waals surface area contributed by atoms with E-state index in [0.29, 0.717) is 0 Å². The summed E-state index contributed by atoms with van der Waals surface area (Å²) in [6, 6.07) is 6.13. The summed E-state index contributed by atoms with van der Waals surface area (Å²) in [4.78, 5) is 2.54. The minimum atomic E-state index is 0.855. The minimum absolute atomic E-state index is 0.855. The number of benzene rings is 1. The number of hydrogen-bond acceptors (Lipinski definition) is 2. The third-order valence-electron chi connectivity index (χ3n) is 3.36. The van der Waals surface area contributed by atoms with E-state index >= 15 is 0 Å². The van der Waals surface area contributed by atoms with Crippen LogP contribution in [0.15, 0.2) is 18.2 Å². The van der Waals surface area contributed by atoms with Gasteiger partial charge in [0, 0.05) is 6.54 Å². The van der Waals surface area contributed by atoms with E-state index in [1.807, 2.05) is 25.1 Å². The van der Waals surface area contributed by atoms with E-state index in [0.717, 1.165) is 22.8 Å². The van der Waals surface area contributed by atoms with Crippen molar-refractivity contribution in [1.29, 1.82) is 0 Å². The number of likely N-dealkylation sites (tertiary alicyclic amines) is 1. The molecule has 0 aliphatic carbocycles. The zero-order valence-corrected chi connectivity index (χ0v) is 11.3. The van der Waals surface area contributed by atoms with Crippen LogP contribution in [0.25, 0.3) is 0 Å². The van der Waals surface area contributed by atoms with Gasteiger partial charge in [-0.1, -0.05) is 23.7 Å². The second kappa shape index (κ2) is 6.27. The zero-order valence-electron chi connectivity index (χ0n) is 10.5. The molecule has 1 aromatic carbocycles. The Bertz CT molecular complexity index is 359. The topological polar surface area (TPSA) is 15.3 Å².